The van der Waals surface area contributed by atoms with E-state index in [-0.39, 0.29) is 29.8 Å². The molecule has 3 aromatic carbocycles. The number of fused-ring (bicyclic) bond motifs is 6. The first-order chi connectivity index (χ1) is 20.6. The molecule has 1 fully saturated rings. The fraction of sp³-hybridized carbons (Fsp3) is 0.143. The zero-order chi connectivity index (χ0) is 28.8. The molecule has 1 aromatic heterocycles. The van der Waals surface area contributed by atoms with Crippen LogP contribution >= 0.6 is 0 Å². The van der Waals surface area contributed by atoms with Gasteiger partial charge < -0.3 is 15.0 Å². The first-order valence-electron chi connectivity index (χ1n) is 13.8. The van der Waals surface area contributed by atoms with E-state index < -0.39 is 23.4 Å². The third-order valence-corrected chi connectivity index (χ3v) is 8.53. The number of anilines is 1. The fourth-order valence-corrected chi connectivity index (χ4v) is 6.90. The van der Waals surface area contributed by atoms with Crippen LogP contribution in [-0.4, -0.2) is 40.0 Å². The molecular formula is C35H27N3O4. The van der Waals surface area contributed by atoms with Gasteiger partial charge in [-0.1, -0.05) is 73.3 Å². The average Bonchev–Trinajstić information content (AvgIpc) is 3.52. The van der Waals surface area contributed by atoms with Gasteiger partial charge in [0.05, 0.1) is 12.0 Å². The molecule has 1 saturated heterocycles. The van der Waals surface area contributed by atoms with Crippen LogP contribution in [0.4, 0.5) is 5.69 Å². The Bertz CT molecular complexity index is 1780. The molecule has 0 bridgehead atoms. The molecule has 42 heavy (non-hydrogen) atoms. The molecule has 4 unspecified atom stereocenters. The second kappa shape index (κ2) is 9.96. The van der Waals surface area contributed by atoms with Gasteiger partial charge in [0.2, 0.25) is 11.7 Å². The predicted octanol–water partition coefficient (Wildman–Crippen LogP) is 5.63. The number of rotatable bonds is 7. The number of carbonyl (C=O) groups excluding carboxylic acids is 3. The number of para-hydroxylation sites is 1. The Kier molecular flexibility index (Phi) is 6.08. The lowest BCUT2D eigenvalue weighted by Crippen LogP contribution is -2.49. The number of amides is 1. The Morgan fingerprint density at radius 2 is 1.79 bits per heavy atom. The molecule has 0 aliphatic carbocycles. The van der Waals surface area contributed by atoms with Gasteiger partial charge >= 0.3 is 0 Å². The maximum absolute atomic E-state index is 14.9. The number of hydrogen-bond acceptors (Lipinski definition) is 6. The summed E-state index contributed by atoms with van der Waals surface area (Å²) in [5.74, 6) is -1.53. The summed E-state index contributed by atoms with van der Waals surface area (Å²) in [6, 6.07) is 25.7. The number of Topliss-reactive ketones (excluding diaryl/α,β-unsaturated/α-hetero) is 2. The molecule has 3 aliphatic heterocycles. The Hall–Kier alpha value is -5.30. The predicted molar refractivity (Wildman–Crippen MR) is 159 cm³/mol. The Labute approximate surface area is 243 Å². The number of pyridine rings is 1. The van der Waals surface area contributed by atoms with Crippen molar-refractivity contribution in [1.82, 2.24) is 9.88 Å². The van der Waals surface area contributed by atoms with Gasteiger partial charge in [-0.25, -0.2) is 0 Å². The molecule has 7 rings (SSSR count). The summed E-state index contributed by atoms with van der Waals surface area (Å²) in [5.41, 5.74) is 2.34. The van der Waals surface area contributed by atoms with Gasteiger partial charge in [-0.05, 0) is 53.1 Å². The molecule has 4 heterocycles. The summed E-state index contributed by atoms with van der Waals surface area (Å²) in [6.45, 7) is 3.98. The van der Waals surface area contributed by atoms with E-state index >= 15 is 0 Å². The maximum Gasteiger partial charge on any atom is 0.238 e. The molecule has 4 aromatic rings. The summed E-state index contributed by atoms with van der Waals surface area (Å²) in [4.78, 5) is 50.1. The van der Waals surface area contributed by atoms with Crippen molar-refractivity contribution in [1.29, 1.82) is 0 Å². The summed E-state index contributed by atoms with van der Waals surface area (Å²) in [5, 5.41) is 3.06. The van der Waals surface area contributed by atoms with E-state index in [2.05, 4.69) is 16.9 Å². The van der Waals surface area contributed by atoms with Gasteiger partial charge in [0.15, 0.2) is 5.78 Å². The van der Waals surface area contributed by atoms with Crippen LogP contribution in [0.25, 0.3) is 6.08 Å². The van der Waals surface area contributed by atoms with Gasteiger partial charge in [0.25, 0.3) is 0 Å². The van der Waals surface area contributed by atoms with Crippen molar-refractivity contribution < 1.29 is 19.1 Å². The molecule has 1 N–H and O–H groups in total. The van der Waals surface area contributed by atoms with Crippen molar-refractivity contribution >= 4 is 29.2 Å². The lowest BCUT2D eigenvalue weighted by molar-refractivity contribution is -0.122. The lowest BCUT2D eigenvalue weighted by Gasteiger charge is -2.38. The van der Waals surface area contributed by atoms with Gasteiger partial charge in [-0.3, -0.25) is 19.4 Å². The van der Waals surface area contributed by atoms with Crippen molar-refractivity contribution in [3.05, 3.63) is 144 Å². The minimum atomic E-state index is -1.40. The maximum atomic E-state index is 14.9. The Balaban J connectivity index is 1.50. The third kappa shape index (κ3) is 3.66. The van der Waals surface area contributed by atoms with Crippen LogP contribution in [-0.2, 0) is 10.2 Å². The van der Waals surface area contributed by atoms with Gasteiger partial charge in [0, 0.05) is 23.6 Å². The summed E-state index contributed by atoms with van der Waals surface area (Å²) in [6.07, 6.45) is 6.98. The highest BCUT2D eigenvalue weighted by atomic mass is 16.5. The first-order valence-corrected chi connectivity index (χ1v) is 13.8. The third-order valence-electron chi connectivity index (χ3n) is 8.53. The number of ether oxygens (including phenoxy) is 1. The molecule has 0 radical (unpaired) electrons. The van der Waals surface area contributed by atoms with Crippen molar-refractivity contribution in [2.45, 2.75) is 17.5 Å². The Morgan fingerprint density at radius 3 is 2.62 bits per heavy atom. The highest BCUT2D eigenvalue weighted by molar-refractivity contribution is 6.16. The molecule has 206 valence electrons. The van der Waals surface area contributed by atoms with Crippen LogP contribution in [0.15, 0.2) is 116 Å². The molecule has 7 heteroatoms. The highest BCUT2D eigenvalue weighted by Gasteiger charge is 2.70. The van der Waals surface area contributed by atoms with E-state index in [1.807, 2.05) is 65.7 Å². The monoisotopic (exact) mass is 553 g/mol. The number of nitrogens with one attached hydrogen (secondary N) is 1. The van der Waals surface area contributed by atoms with Crippen LogP contribution in [0.3, 0.4) is 0 Å². The molecule has 7 nitrogen and oxygen atoms in total. The van der Waals surface area contributed by atoms with Crippen molar-refractivity contribution in [2.75, 3.05) is 11.9 Å². The molecule has 4 atom stereocenters. The smallest absolute Gasteiger partial charge is 0.238 e. The number of hydrogen-bond donors (Lipinski definition) is 1. The number of nitrogens with zero attached hydrogens (tertiary/aromatic N) is 2. The van der Waals surface area contributed by atoms with Gasteiger partial charge in [0.1, 0.15) is 29.5 Å². The average molecular weight is 554 g/mol. The van der Waals surface area contributed by atoms with E-state index in [4.69, 9.17) is 4.74 Å². The number of ketones is 2. The van der Waals surface area contributed by atoms with E-state index in [0.29, 0.717) is 22.6 Å². The topological polar surface area (TPSA) is 88.6 Å². The quantitative estimate of drug-likeness (QED) is 0.236. The number of aromatic nitrogens is 1. The summed E-state index contributed by atoms with van der Waals surface area (Å²) in [7, 11) is 0. The molecule has 3 aliphatic rings. The second-order valence-electron chi connectivity index (χ2n) is 10.7. The van der Waals surface area contributed by atoms with Crippen LogP contribution in [0.1, 0.15) is 43.6 Å². The van der Waals surface area contributed by atoms with Crippen molar-refractivity contribution in [2.24, 2.45) is 5.92 Å². The summed E-state index contributed by atoms with van der Waals surface area (Å²) < 4.78 is 5.74. The molecule has 0 saturated carbocycles. The first kappa shape index (κ1) is 25.7. The van der Waals surface area contributed by atoms with E-state index in [1.54, 1.807) is 54.7 Å². The number of carbonyl (C=O) groups is 3. The largest absolute Gasteiger partial charge is 0.490 e. The van der Waals surface area contributed by atoms with Crippen LogP contribution < -0.4 is 10.1 Å². The minimum Gasteiger partial charge on any atom is -0.490 e. The van der Waals surface area contributed by atoms with Crippen molar-refractivity contribution in [3.63, 3.8) is 0 Å². The normalized spacial score (nSPS) is 23.1. The highest BCUT2D eigenvalue weighted by Crippen LogP contribution is 2.62. The van der Waals surface area contributed by atoms with Crippen LogP contribution in [0, 0.1) is 5.92 Å². The summed E-state index contributed by atoms with van der Waals surface area (Å²) >= 11 is 0. The van der Waals surface area contributed by atoms with Crippen LogP contribution in [0.2, 0.25) is 0 Å². The molecular weight excluding hydrogens is 526 g/mol. The van der Waals surface area contributed by atoms with Crippen molar-refractivity contribution in [3.8, 4) is 5.75 Å². The van der Waals surface area contributed by atoms with E-state index in [1.165, 1.54) is 0 Å². The second-order valence-corrected chi connectivity index (χ2v) is 10.7. The van der Waals surface area contributed by atoms with Gasteiger partial charge in [-0.15, -0.1) is 0 Å². The van der Waals surface area contributed by atoms with E-state index in [0.717, 1.165) is 11.1 Å². The molecule has 1 amide bonds. The van der Waals surface area contributed by atoms with Gasteiger partial charge in [-0.2, -0.15) is 0 Å². The number of benzene rings is 3. The van der Waals surface area contributed by atoms with Crippen LogP contribution in [0.5, 0.6) is 5.75 Å². The Morgan fingerprint density at radius 1 is 0.976 bits per heavy atom. The SMILES string of the molecule is C=CCOc1cccc(C(=O)C2C(C(=O)c3ccccn3)N3C=Cc4ccccc4C3C23C(=O)Nc2ccccc23)c1. The zero-order valence-electron chi connectivity index (χ0n) is 22.6. The lowest BCUT2D eigenvalue weighted by atomic mass is 9.62. The minimum absolute atomic E-state index is 0.234. The van der Waals surface area contributed by atoms with E-state index in [9.17, 15) is 14.4 Å². The standard InChI is InChI=1S/C35H27N3O4/c1-2-20-42-24-12-9-11-23(21-24)31(39)29-30(32(40)28-16-7-8-18-36-28)38-19-17-22-10-3-4-13-25(22)33(38)35(29)26-14-5-6-15-27(26)37-34(35)41/h2-19,21,29-30,33H,1,20H2,(H,37,41). The molecule has 1 spiro atoms. The zero-order valence-corrected chi connectivity index (χ0v) is 22.6. The fourth-order valence-electron chi connectivity index (χ4n) is 6.90.